The van der Waals surface area contributed by atoms with E-state index in [0.29, 0.717) is 5.88 Å². The fraction of sp³-hybridized carbons (Fsp3) is 0.185. The molecule has 0 radical (unpaired) electrons. The molecule has 36 heavy (non-hydrogen) atoms. The quantitative estimate of drug-likeness (QED) is 0.395. The number of H-pyrrole nitrogens is 1. The van der Waals surface area contributed by atoms with Gasteiger partial charge in [-0.3, -0.25) is 24.0 Å². The largest absolute Gasteiger partial charge is 0.475 e. The molecular formula is C27H27N5O4. The van der Waals surface area contributed by atoms with Crippen molar-refractivity contribution in [3.05, 3.63) is 117 Å². The van der Waals surface area contributed by atoms with Crippen LogP contribution in [0.4, 0.5) is 11.5 Å². The third kappa shape index (κ3) is 5.52. The van der Waals surface area contributed by atoms with Crippen LogP contribution in [-0.4, -0.2) is 26.5 Å². The second-order valence-electron chi connectivity index (χ2n) is 8.49. The van der Waals surface area contributed by atoms with Gasteiger partial charge in [-0.25, -0.2) is 9.78 Å². The summed E-state index contributed by atoms with van der Waals surface area (Å²) in [5.74, 6) is -0.223. The number of rotatable bonds is 8. The molecule has 1 amide bonds. The Labute approximate surface area is 207 Å². The maximum Gasteiger partial charge on any atom is 0.330 e. The molecule has 184 valence electrons. The summed E-state index contributed by atoms with van der Waals surface area (Å²) in [7, 11) is 0. The Morgan fingerprint density at radius 1 is 1.00 bits per heavy atom. The second kappa shape index (κ2) is 10.7. The lowest BCUT2D eigenvalue weighted by molar-refractivity contribution is 0.0984. The molecule has 3 N–H and O–H groups in total. The first-order chi connectivity index (χ1) is 17.3. The van der Waals surface area contributed by atoms with Crippen LogP contribution >= 0.6 is 0 Å². The van der Waals surface area contributed by atoms with E-state index >= 15 is 0 Å². The number of carbonyl (C=O) groups excluding carboxylic acids is 1. The normalized spacial score (nSPS) is 10.9. The molecule has 9 heteroatoms. The number of ether oxygens (including phenoxy) is 1. The van der Waals surface area contributed by atoms with Crippen LogP contribution in [0.3, 0.4) is 0 Å². The van der Waals surface area contributed by atoms with Crippen LogP contribution in [0.5, 0.6) is 5.88 Å². The van der Waals surface area contributed by atoms with Crippen molar-refractivity contribution in [3.63, 3.8) is 0 Å². The van der Waals surface area contributed by atoms with E-state index in [2.05, 4.69) is 9.97 Å². The average molecular weight is 486 g/mol. The molecule has 0 fully saturated rings. The second-order valence-corrected chi connectivity index (χ2v) is 8.49. The van der Waals surface area contributed by atoms with Crippen LogP contribution in [0.2, 0.25) is 0 Å². The topological polar surface area (TPSA) is 123 Å². The number of nitrogens with one attached hydrogen (secondary N) is 1. The van der Waals surface area contributed by atoms with E-state index in [-0.39, 0.29) is 36.3 Å². The summed E-state index contributed by atoms with van der Waals surface area (Å²) in [5.41, 5.74) is 6.71. The van der Waals surface area contributed by atoms with Gasteiger partial charge in [0.05, 0.1) is 24.8 Å². The third-order valence-electron chi connectivity index (χ3n) is 5.44. The minimum Gasteiger partial charge on any atom is -0.475 e. The maximum absolute atomic E-state index is 13.7. The molecule has 0 bridgehead atoms. The highest BCUT2D eigenvalue weighted by Crippen LogP contribution is 2.23. The Bertz CT molecular complexity index is 1450. The summed E-state index contributed by atoms with van der Waals surface area (Å²) < 4.78 is 6.81. The fourth-order valence-electron chi connectivity index (χ4n) is 3.75. The van der Waals surface area contributed by atoms with E-state index < -0.39 is 17.2 Å². The lowest BCUT2D eigenvalue weighted by atomic mass is 10.1. The number of amides is 1. The smallest absolute Gasteiger partial charge is 0.330 e. The number of nitrogen functional groups attached to an aromatic ring is 1. The zero-order valence-electron chi connectivity index (χ0n) is 20.0. The lowest BCUT2D eigenvalue weighted by Crippen LogP contribution is -2.41. The fourth-order valence-corrected chi connectivity index (χ4v) is 3.75. The van der Waals surface area contributed by atoms with Gasteiger partial charge in [0.15, 0.2) is 5.69 Å². The minimum atomic E-state index is -0.751. The summed E-state index contributed by atoms with van der Waals surface area (Å²) in [4.78, 5) is 47.2. The molecule has 9 nitrogen and oxygen atoms in total. The molecule has 2 aromatic carbocycles. The first-order valence-corrected chi connectivity index (χ1v) is 11.5. The molecule has 0 spiro atoms. The molecular weight excluding hydrogens is 458 g/mol. The predicted octanol–water partition coefficient (Wildman–Crippen LogP) is 3.20. The van der Waals surface area contributed by atoms with Gasteiger partial charge in [-0.05, 0) is 31.0 Å². The van der Waals surface area contributed by atoms with Gasteiger partial charge >= 0.3 is 5.69 Å². The molecule has 0 unspecified atom stereocenters. The maximum atomic E-state index is 13.7. The van der Waals surface area contributed by atoms with Crippen molar-refractivity contribution < 1.29 is 9.53 Å². The number of nitrogens with two attached hydrogens (primary N) is 1. The van der Waals surface area contributed by atoms with Crippen LogP contribution < -0.4 is 26.6 Å². The van der Waals surface area contributed by atoms with Crippen LogP contribution in [0.15, 0.2) is 88.6 Å². The molecule has 4 aromatic rings. The third-order valence-corrected chi connectivity index (χ3v) is 5.44. The molecule has 0 saturated heterocycles. The first-order valence-electron chi connectivity index (χ1n) is 11.5. The summed E-state index contributed by atoms with van der Waals surface area (Å²) in [6.45, 7) is 3.94. The molecule has 0 atom stereocenters. The Morgan fingerprint density at radius 2 is 1.64 bits per heavy atom. The first kappa shape index (κ1) is 24.5. The molecule has 4 rings (SSSR count). The van der Waals surface area contributed by atoms with Gasteiger partial charge in [-0.15, -0.1) is 0 Å². The predicted molar refractivity (Wildman–Crippen MR) is 138 cm³/mol. The molecule has 0 aliphatic heterocycles. The van der Waals surface area contributed by atoms with Crippen LogP contribution in [0.1, 0.15) is 35.3 Å². The Kier molecular flexibility index (Phi) is 7.29. The molecule has 0 saturated carbocycles. The van der Waals surface area contributed by atoms with Crippen molar-refractivity contribution >= 4 is 17.4 Å². The number of nitrogens with zero attached hydrogens (tertiary/aromatic N) is 3. The van der Waals surface area contributed by atoms with Crippen molar-refractivity contribution in [2.24, 2.45) is 0 Å². The van der Waals surface area contributed by atoms with E-state index in [0.717, 1.165) is 11.1 Å². The highest BCUT2D eigenvalue weighted by Gasteiger charge is 2.26. The van der Waals surface area contributed by atoms with Gasteiger partial charge in [0.25, 0.3) is 11.5 Å². The summed E-state index contributed by atoms with van der Waals surface area (Å²) in [6.07, 6.45) is 1.32. The van der Waals surface area contributed by atoms with Gasteiger partial charge in [0, 0.05) is 12.3 Å². The zero-order valence-corrected chi connectivity index (χ0v) is 20.0. The molecule has 2 aromatic heterocycles. The van der Waals surface area contributed by atoms with Crippen LogP contribution in [0.25, 0.3) is 0 Å². The number of anilines is 2. The van der Waals surface area contributed by atoms with Gasteiger partial charge in [0.1, 0.15) is 5.82 Å². The lowest BCUT2D eigenvalue weighted by Gasteiger charge is -2.25. The Hall–Kier alpha value is -4.66. The van der Waals surface area contributed by atoms with Crippen molar-refractivity contribution in [3.8, 4) is 5.88 Å². The van der Waals surface area contributed by atoms with E-state index in [4.69, 9.17) is 10.5 Å². The number of pyridine rings is 1. The molecule has 2 heterocycles. The minimum absolute atomic E-state index is 0.0563. The average Bonchev–Trinajstić information content (AvgIpc) is 2.87. The van der Waals surface area contributed by atoms with Gasteiger partial charge in [0.2, 0.25) is 5.88 Å². The van der Waals surface area contributed by atoms with E-state index in [1.54, 1.807) is 12.1 Å². The number of carbonyl (C=O) groups is 1. The number of aromatic amines is 1. The number of hydrogen-bond donors (Lipinski definition) is 2. The van der Waals surface area contributed by atoms with Gasteiger partial charge in [-0.2, -0.15) is 0 Å². The zero-order chi connectivity index (χ0) is 25.7. The molecule has 0 aliphatic carbocycles. The summed E-state index contributed by atoms with van der Waals surface area (Å²) in [6, 6.07) is 21.6. The monoisotopic (exact) mass is 485 g/mol. The number of benzene rings is 2. The SMILES string of the molecule is CC(C)Oc1ccc(C(=O)N(Cc2ccccc2)c2c(N)n(Cc3ccccc3)c(=O)[nH]c2=O)cn1. The number of hydrogen-bond acceptors (Lipinski definition) is 6. The van der Waals surface area contributed by atoms with E-state index in [1.807, 2.05) is 74.5 Å². The van der Waals surface area contributed by atoms with Gasteiger partial charge in [-0.1, -0.05) is 60.7 Å². The van der Waals surface area contributed by atoms with Crippen LogP contribution in [0, 0.1) is 0 Å². The van der Waals surface area contributed by atoms with Crippen molar-refractivity contribution in [2.75, 3.05) is 10.6 Å². The highest BCUT2D eigenvalue weighted by atomic mass is 16.5. The highest BCUT2D eigenvalue weighted by molar-refractivity contribution is 6.07. The Morgan fingerprint density at radius 3 is 2.22 bits per heavy atom. The van der Waals surface area contributed by atoms with Crippen LogP contribution in [-0.2, 0) is 13.1 Å². The Balaban J connectivity index is 1.79. The van der Waals surface area contributed by atoms with E-state index in [9.17, 15) is 14.4 Å². The summed E-state index contributed by atoms with van der Waals surface area (Å²) >= 11 is 0. The van der Waals surface area contributed by atoms with Crippen molar-refractivity contribution in [1.29, 1.82) is 0 Å². The molecule has 0 aliphatic rings. The van der Waals surface area contributed by atoms with Crippen molar-refractivity contribution in [2.45, 2.75) is 33.0 Å². The standard InChI is InChI=1S/C27H27N5O4/c1-18(2)36-22-14-13-21(15-29-22)26(34)31(16-19-9-5-3-6-10-19)23-24(28)32(27(35)30-25(23)33)17-20-11-7-4-8-12-20/h3-15,18H,16-17,28H2,1-2H3,(H,30,33,35). The van der Waals surface area contributed by atoms with Gasteiger partial charge < -0.3 is 10.5 Å². The van der Waals surface area contributed by atoms with Crippen molar-refractivity contribution in [1.82, 2.24) is 14.5 Å². The number of aromatic nitrogens is 3. The summed E-state index contributed by atoms with van der Waals surface area (Å²) in [5, 5.41) is 0. The van der Waals surface area contributed by atoms with E-state index in [1.165, 1.54) is 15.7 Å².